The Morgan fingerprint density at radius 3 is 2.00 bits per heavy atom. The lowest BCUT2D eigenvalue weighted by Crippen LogP contribution is -2.31. The number of benzene rings is 4. The van der Waals surface area contributed by atoms with Crippen LogP contribution in [0.4, 0.5) is 30.7 Å². The zero-order valence-electron chi connectivity index (χ0n) is 21.7. The van der Waals surface area contributed by atoms with Gasteiger partial charge >= 0.3 is 12.4 Å². The van der Waals surface area contributed by atoms with E-state index in [0.717, 1.165) is 30.2 Å². The summed E-state index contributed by atoms with van der Waals surface area (Å²) in [5.74, 6) is -0.166. The van der Waals surface area contributed by atoms with Gasteiger partial charge in [-0.1, -0.05) is 43.3 Å². The molecule has 4 aromatic rings. The third-order valence-corrected chi connectivity index (χ3v) is 6.53. The normalized spacial score (nSPS) is 13.6. The zero-order chi connectivity index (χ0) is 29.8. The van der Waals surface area contributed by atoms with Crippen molar-refractivity contribution in [1.82, 2.24) is 5.32 Å². The molecule has 4 aromatic carbocycles. The molecule has 41 heavy (non-hydrogen) atoms. The molecule has 10 heteroatoms. The van der Waals surface area contributed by atoms with Gasteiger partial charge in [0.25, 0.3) is 0 Å². The lowest BCUT2D eigenvalue weighted by atomic mass is 9.94. The molecule has 4 rings (SSSR count). The lowest BCUT2D eigenvalue weighted by Gasteiger charge is -2.27. The van der Waals surface area contributed by atoms with Crippen LogP contribution in [-0.2, 0) is 18.8 Å². The third-order valence-electron chi connectivity index (χ3n) is 6.53. The van der Waals surface area contributed by atoms with Gasteiger partial charge in [-0.3, -0.25) is 5.32 Å². The predicted octanol–water partition coefficient (Wildman–Crippen LogP) is 8.63. The molecule has 0 radical (unpaired) electrons. The van der Waals surface area contributed by atoms with Gasteiger partial charge in [0.05, 0.1) is 29.8 Å². The number of ether oxygens (including phenoxy) is 1. The summed E-state index contributed by atoms with van der Waals surface area (Å²) >= 11 is 0. The quantitative estimate of drug-likeness (QED) is 0.196. The molecule has 0 aliphatic carbocycles. The molecule has 0 aliphatic rings. The molecule has 0 aromatic heterocycles. The summed E-state index contributed by atoms with van der Waals surface area (Å²) in [6.45, 7) is 1.25. The molecule has 0 bridgehead atoms. The molecule has 3 nitrogen and oxygen atoms in total. The first-order valence-electron chi connectivity index (χ1n) is 12.7. The summed E-state index contributed by atoms with van der Waals surface area (Å²) in [5.41, 5.74) is -1.20. The average Bonchev–Trinajstić information content (AvgIpc) is 2.93. The molecule has 2 unspecified atom stereocenters. The van der Waals surface area contributed by atoms with Crippen molar-refractivity contribution >= 4 is 0 Å². The van der Waals surface area contributed by atoms with Crippen LogP contribution in [0.1, 0.15) is 52.4 Å². The predicted molar refractivity (Wildman–Crippen MR) is 140 cm³/mol. The molecule has 2 atom stereocenters. The molecule has 0 spiro atoms. The lowest BCUT2D eigenvalue weighted by molar-refractivity contribution is -0.138. The van der Waals surface area contributed by atoms with E-state index in [2.05, 4.69) is 5.32 Å². The van der Waals surface area contributed by atoms with Crippen LogP contribution in [0.25, 0.3) is 0 Å². The van der Waals surface area contributed by atoms with Gasteiger partial charge in [-0.05, 0) is 77.7 Å². The molecule has 0 saturated carbocycles. The Balaban J connectivity index is 1.79. The first kappa shape index (κ1) is 30.1. The topological polar surface area (TPSA) is 41.5 Å². The zero-order valence-corrected chi connectivity index (χ0v) is 21.7. The van der Waals surface area contributed by atoms with E-state index in [-0.39, 0.29) is 11.1 Å². The van der Waals surface area contributed by atoms with Gasteiger partial charge in [-0.15, -0.1) is 0 Å². The Morgan fingerprint density at radius 1 is 0.732 bits per heavy atom. The molecule has 0 fully saturated rings. The Kier molecular flexibility index (Phi) is 9.04. The molecular weight excluding hydrogens is 551 g/mol. The van der Waals surface area contributed by atoms with Crippen LogP contribution in [-0.4, -0.2) is 11.7 Å². The van der Waals surface area contributed by atoms with Crippen molar-refractivity contribution in [1.29, 1.82) is 0 Å². The minimum Gasteiger partial charge on any atom is -0.457 e. The summed E-state index contributed by atoms with van der Waals surface area (Å²) in [6.07, 6.45) is -8.68. The Labute approximate surface area is 232 Å². The Morgan fingerprint density at radius 2 is 1.34 bits per heavy atom. The van der Waals surface area contributed by atoms with Crippen LogP contribution in [0.15, 0.2) is 91.0 Å². The highest BCUT2D eigenvalue weighted by Gasteiger charge is 2.34. The maximum atomic E-state index is 15.2. The van der Waals surface area contributed by atoms with Crippen LogP contribution in [0.3, 0.4) is 0 Å². The molecule has 0 saturated heterocycles. The smallest absolute Gasteiger partial charge is 0.416 e. The van der Waals surface area contributed by atoms with E-state index >= 15 is 4.39 Å². The number of hydrogen-bond acceptors (Lipinski definition) is 3. The van der Waals surface area contributed by atoms with Crippen LogP contribution in [0.2, 0.25) is 0 Å². The van der Waals surface area contributed by atoms with E-state index in [1.54, 1.807) is 24.3 Å². The number of nitrogens with one attached hydrogen (secondary N) is 1. The molecule has 0 amide bonds. The maximum absolute atomic E-state index is 15.2. The van der Waals surface area contributed by atoms with E-state index < -0.39 is 53.6 Å². The number of hydrogen-bond donors (Lipinski definition) is 2. The number of aryl methyl sites for hydroxylation is 1. The van der Waals surface area contributed by atoms with Crippen molar-refractivity contribution in [3.05, 3.63) is 130 Å². The van der Waals surface area contributed by atoms with Crippen molar-refractivity contribution in [2.45, 2.75) is 37.8 Å². The molecular formula is C31H26F7NO2. The van der Waals surface area contributed by atoms with Gasteiger partial charge in [0, 0.05) is 5.56 Å². The van der Waals surface area contributed by atoms with Gasteiger partial charge in [-0.2, -0.15) is 26.3 Å². The summed E-state index contributed by atoms with van der Waals surface area (Å²) in [5, 5.41) is 13.0. The minimum atomic E-state index is -4.78. The van der Waals surface area contributed by atoms with E-state index in [1.165, 1.54) is 18.2 Å². The second-order valence-corrected chi connectivity index (χ2v) is 9.37. The molecule has 2 N–H and O–H groups in total. The van der Waals surface area contributed by atoms with Gasteiger partial charge in [0.15, 0.2) is 0 Å². The standard InChI is InChI=1S/C31H26F7NO2/c1-2-19-6-3-10-24(14-19)41-25-11-5-8-21(16-25)29(26-17-23(31(36,37)38)12-13-27(26)32)39-28(18-40)20-7-4-9-22(15-20)30(33,34)35/h3-17,28-29,39-40H,2,18H2,1H3. The first-order chi connectivity index (χ1) is 19.4. The Bertz CT molecular complexity index is 1480. The highest BCUT2D eigenvalue weighted by Crippen LogP contribution is 2.37. The van der Waals surface area contributed by atoms with Crippen LogP contribution < -0.4 is 10.1 Å². The average molecular weight is 578 g/mol. The third kappa shape index (κ3) is 7.45. The molecule has 216 valence electrons. The van der Waals surface area contributed by atoms with Crippen molar-refractivity contribution in [2.24, 2.45) is 0 Å². The van der Waals surface area contributed by atoms with Crippen molar-refractivity contribution in [2.75, 3.05) is 6.61 Å². The van der Waals surface area contributed by atoms with E-state index in [1.807, 2.05) is 19.1 Å². The summed E-state index contributed by atoms with van der Waals surface area (Å²) in [4.78, 5) is 0. The number of halogens is 7. The maximum Gasteiger partial charge on any atom is 0.416 e. The van der Waals surface area contributed by atoms with Crippen molar-refractivity contribution < 1.29 is 40.6 Å². The second-order valence-electron chi connectivity index (χ2n) is 9.37. The number of aliphatic hydroxyl groups is 1. The molecule has 0 heterocycles. The fourth-order valence-corrected chi connectivity index (χ4v) is 4.42. The number of aliphatic hydroxyl groups excluding tert-OH is 1. The highest BCUT2D eigenvalue weighted by atomic mass is 19.4. The number of rotatable bonds is 9. The highest BCUT2D eigenvalue weighted by molar-refractivity contribution is 5.42. The second kappa shape index (κ2) is 12.3. The van der Waals surface area contributed by atoms with Crippen molar-refractivity contribution in [3.63, 3.8) is 0 Å². The molecule has 0 aliphatic heterocycles. The van der Waals surface area contributed by atoms with Gasteiger partial charge < -0.3 is 9.84 Å². The fourth-order valence-electron chi connectivity index (χ4n) is 4.42. The van der Waals surface area contributed by atoms with Crippen molar-refractivity contribution in [3.8, 4) is 11.5 Å². The van der Waals surface area contributed by atoms with Crippen LogP contribution >= 0.6 is 0 Å². The van der Waals surface area contributed by atoms with Gasteiger partial charge in [0.1, 0.15) is 17.3 Å². The minimum absolute atomic E-state index is 0.0171. The van der Waals surface area contributed by atoms with Gasteiger partial charge in [0.2, 0.25) is 0 Å². The van der Waals surface area contributed by atoms with Crippen LogP contribution in [0.5, 0.6) is 11.5 Å². The van der Waals surface area contributed by atoms with Gasteiger partial charge in [-0.25, -0.2) is 4.39 Å². The first-order valence-corrected chi connectivity index (χ1v) is 12.7. The summed E-state index contributed by atoms with van der Waals surface area (Å²) in [7, 11) is 0. The largest absolute Gasteiger partial charge is 0.457 e. The summed E-state index contributed by atoms with van der Waals surface area (Å²) in [6, 6.07) is 17.1. The fraction of sp³-hybridized carbons (Fsp3) is 0.226. The SMILES string of the molecule is CCc1cccc(Oc2cccc(C(NC(CO)c3cccc(C(F)(F)F)c3)c3cc(C(F)(F)F)ccc3F)c2)c1. The van der Waals surface area contributed by atoms with E-state index in [9.17, 15) is 31.4 Å². The van der Waals surface area contributed by atoms with Crippen LogP contribution in [0, 0.1) is 5.82 Å². The summed E-state index contributed by atoms with van der Waals surface area (Å²) < 4.78 is 102. The Hall–Kier alpha value is -3.89. The monoisotopic (exact) mass is 577 g/mol. The van der Waals surface area contributed by atoms with E-state index in [0.29, 0.717) is 29.7 Å². The number of alkyl halides is 6. The van der Waals surface area contributed by atoms with E-state index in [4.69, 9.17) is 4.74 Å².